The van der Waals surface area contributed by atoms with Crippen LogP contribution >= 0.6 is 11.3 Å². The molecule has 0 spiro atoms. The van der Waals surface area contributed by atoms with E-state index in [4.69, 9.17) is 5.73 Å². The second kappa shape index (κ2) is 6.59. The van der Waals surface area contributed by atoms with Gasteiger partial charge in [-0.2, -0.15) is 0 Å². The minimum absolute atomic E-state index is 0.0960. The Kier molecular flexibility index (Phi) is 5.27. The van der Waals surface area contributed by atoms with E-state index in [1.165, 1.54) is 17.7 Å². The molecule has 1 aromatic heterocycles. The summed E-state index contributed by atoms with van der Waals surface area (Å²) in [7, 11) is 0. The summed E-state index contributed by atoms with van der Waals surface area (Å²) in [6, 6.07) is 4.24. The molecule has 1 aliphatic rings. The van der Waals surface area contributed by atoms with Crippen molar-refractivity contribution in [1.29, 1.82) is 0 Å². The van der Waals surface area contributed by atoms with Crippen molar-refractivity contribution in [2.24, 2.45) is 23.0 Å². The molecule has 0 aromatic carbocycles. The normalized spacial score (nSPS) is 28.8. The maximum atomic E-state index is 10.9. The van der Waals surface area contributed by atoms with E-state index in [2.05, 4.69) is 32.9 Å². The number of aryl methyl sites for hydroxylation is 1. The molecule has 2 rings (SSSR count). The van der Waals surface area contributed by atoms with Crippen molar-refractivity contribution < 1.29 is 5.11 Å². The van der Waals surface area contributed by atoms with Gasteiger partial charge in [0, 0.05) is 21.7 Å². The summed E-state index contributed by atoms with van der Waals surface area (Å²) in [5.74, 6) is 1.55. The molecule has 3 N–H and O–H groups in total. The molecule has 0 bridgehead atoms. The van der Waals surface area contributed by atoms with E-state index in [1.807, 2.05) is 0 Å². The first-order valence-corrected chi connectivity index (χ1v) is 8.81. The number of hydrogen-bond donors (Lipinski definition) is 2. The Hall–Kier alpha value is -0.380. The fourth-order valence-electron chi connectivity index (χ4n) is 3.50. The van der Waals surface area contributed by atoms with Crippen LogP contribution in [0.4, 0.5) is 0 Å². The fourth-order valence-corrected chi connectivity index (χ4v) is 4.59. The molecule has 2 nitrogen and oxygen atoms in total. The zero-order valence-corrected chi connectivity index (χ0v) is 13.9. The van der Waals surface area contributed by atoms with E-state index in [-0.39, 0.29) is 11.5 Å². The average Bonchev–Trinajstić information content (AvgIpc) is 2.95. The minimum atomic E-state index is -0.383. The molecule has 3 heteroatoms. The first-order valence-electron chi connectivity index (χ1n) is 7.99. The van der Waals surface area contributed by atoms with Crippen molar-refractivity contribution in [2.45, 2.75) is 59.0 Å². The fraction of sp³-hybridized carbons (Fsp3) is 0.765. The number of thiophene rings is 1. The van der Waals surface area contributed by atoms with Gasteiger partial charge < -0.3 is 10.8 Å². The second-order valence-electron chi connectivity index (χ2n) is 6.71. The number of aliphatic hydroxyl groups excluding tert-OH is 1. The van der Waals surface area contributed by atoms with Crippen LogP contribution in [0.15, 0.2) is 12.1 Å². The summed E-state index contributed by atoms with van der Waals surface area (Å²) in [6.07, 6.45) is 5.20. The van der Waals surface area contributed by atoms with Gasteiger partial charge in [-0.05, 0) is 56.1 Å². The van der Waals surface area contributed by atoms with Crippen molar-refractivity contribution in [3.63, 3.8) is 0 Å². The lowest BCUT2D eigenvalue weighted by molar-refractivity contribution is -0.0127. The summed E-state index contributed by atoms with van der Waals surface area (Å²) in [6.45, 7) is 7.37. The Morgan fingerprint density at radius 3 is 2.45 bits per heavy atom. The van der Waals surface area contributed by atoms with Gasteiger partial charge in [0.05, 0.1) is 6.10 Å². The largest absolute Gasteiger partial charge is 0.387 e. The van der Waals surface area contributed by atoms with Gasteiger partial charge >= 0.3 is 0 Å². The van der Waals surface area contributed by atoms with E-state index in [9.17, 15) is 5.11 Å². The molecule has 1 aromatic rings. The molecule has 1 saturated carbocycles. The Morgan fingerprint density at radius 1 is 1.35 bits per heavy atom. The van der Waals surface area contributed by atoms with Crippen LogP contribution in [0.1, 0.15) is 62.3 Å². The standard InChI is InChI=1S/C17H29NOS/c1-4-14-5-6-15(20-14)16(19)17(11-18)9-7-13(8-10-17)12(2)3/h5-6,12-13,16,19H,4,7-11,18H2,1-3H3. The van der Waals surface area contributed by atoms with E-state index in [1.54, 1.807) is 11.3 Å². The van der Waals surface area contributed by atoms with Gasteiger partial charge in [-0.3, -0.25) is 0 Å². The summed E-state index contributed by atoms with van der Waals surface area (Å²) in [5.41, 5.74) is 5.99. The molecular weight excluding hydrogens is 266 g/mol. The van der Waals surface area contributed by atoms with Crippen LogP contribution in [-0.2, 0) is 6.42 Å². The Balaban J connectivity index is 2.11. The summed E-state index contributed by atoms with van der Waals surface area (Å²) < 4.78 is 0. The highest BCUT2D eigenvalue weighted by atomic mass is 32.1. The Bertz CT molecular complexity index is 418. The zero-order valence-electron chi connectivity index (χ0n) is 13.1. The van der Waals surface area contributed by atoms with Crippen LogP contribution in [0.3, 0.4) is 0 Å². The predicted octanol–water partition coefficient (Wildman–Crippen LogP) is 4.14. The predicted molar refractivity (Wildman–Crippen MR) is 86.9 cm³/mol. The molecule has 1 aliphatic carbocycles. The van der Waals surface area contributed by atoms with Crippen LogP contribution in [0.5, 0.6) is 0 Å². The van der Waals surface area contributed by atoms with Crippen molar-refractivity contribution in [2.75, 3.05) is 6.54 Å². The molecule has 0 amide bonds. The highest BCUT2D eigenvalue weighted by molar-refractivity contribution is 7.12. The lowest BCUT2D eigenvalue weighted by Gasteiger charge is -2.43. The highest BCUT2D eigenvalue weighted by Crippen LogP contribution is 2.49. The Labute approximate surface area is 127 Å². The molecule has 1 atom stereocenters. The van der Waals surface area contributed by atoms with Crippen molar-refractivity contribution in [1.82, 2.24) is 0 Å². The van der Waals surface area contributed by atoms with Gasteiger partial charge in [-0.1, -0.05) is 20.8 Å². The summed E-state index contributed by atoms with van der Waals surface area (Å²) >= 11 is 1.75. The minimum Gasteiger partial charge on any atom is -0.387 e. The number of aliphatic hydroxyl groups is 1. The SMILES string of the molecule is CCc1ccc(C(O)C2(CN)CCC(C(C)C)CC2)s1. The molecule has 1 heterocycles. The molecule has 20 heavy (non-hydrogen) atoms. The van der Waals surface area contributed by atoms with Crippen molar-refractivity contribution >= 4 is 11.3 Å². The molecule has 1 unspecified atom stereocenters. The molecule has 0 saturated heterocycles. The van der Waals surface area contributed by atoms with E-state index < -0.39 is 0 Å². The first-order chi connectivity index (χ1) is 9.52. The van der Waals surface area contributed by atoms with Crippen LogP contribution < -0.4 is 5.73 Å². The zero-order chi connectivity index (χ0) is 14.8. The lowest BCUT2D eigenvalue weighted by atomic mass is 9.65. The molecule has 114 valence electrons. The Morgan fingerprint density at radius 2 is 2.00 bits per heavy atom. The van der Waals surface area contributed by atoms with E-state index in [0.717, 1.165) is 36.0 Å². The molecular formula is C17H29NOS. The lowest BCUT2D eigenvalue weighted by Crippen LogP contribution is -2.40. The van der Waals surface area contributed by atoms with Crippen LogP contribution in [-0.4, -0.2) is 11.7 Å². The van der Waals surface area contributed by atoms with Crippen molar-refractivity contribution in [3.05, 3.63) is 21.9 Å². The third-order valence-electron chi connectivity index (χ3n) is 5.26. The van der Waals surface area contributed by atoms with Gasteiger partial charge in [0.15, 0.2) is 0 Å². The van der Waals surface area contributed by atoms with E-state index in [0.29, 0.717) is 6.54 Å². The van der Waals surface area contributed by atoms with Crippen molar-refractivity contribution in [3.8, 4) is 0 Å². The summed E-state index contributed by atoms with van der Waals surface area (Å²) in [4.78, 5) is 2.46. The van der Waals surface area contributed by atoms with Gasteiger partial charge in [0.1, 0.15) is 0 Å². The van der Waals surface area contributed by atoms with Crippen LogP contribution in [0, 0.1) is 17.3 Å². The monoisotopic (exact) mass is 295 g/mol. The third kappa shape index (κ3) is 3.10. The number of nitrogens with two attached hydrogens (primary N) is 1. The van der Waals surface area contributed by atoms with Gasteiger partial charge in [-0.15, -0.1) is 11.3 Å². The first kappa shape index (κ1) is 16.0. The topological polar surface area (TPSA) is 46.2 Å². The maximum Gasteiger partial charge on any atom is 0.0950 e. The molecule has 1 fully saturated rings. The molecule has 0 radical (unpaired) electrons. The number of hydrogen-bond acceptors (Lipinski definition) is 3. The quantitative estimate of drug-likeness (QED) is 0.857. The van der Waals surface area contributed by atoms with E-state index >= 15 is 0 Å². The third-order valence-corrected chi connectivity index (χ3v) is 6.54. The second-order valence-corrected chi connectivity index (χ2v) is 7.91. The average molecular weight is 295 g/mol. The van der Waals surface area contributed by atoms with Crippen LogP contribution in [0.2, 0.25) is 0 Å². The van der Waals surface area contributed by atoms with Gasteiger partial charge in [0.25, 0.3) is 0 Å². The maximum absolute atomic E-state index is 10.9. The van der Waals surface area contributed by atoms with Crippen LogP contribution in [0.25, 0.3) is 0 Å². The van der Waals surface area contributed by atoms with Gasteiger partial charge in [-0.25, -0.2) is 0 Å². The highest BCUT2D eigenvalue weighted by Gasteiger charge is 2.41. The van der Waals surface area contributed by atoms with Gasteiger partial charge in [0.2, 0.25) is 0 Å². The smallest absolute Gasteiger partial charge is 0.0950 e. The number of rotatable bonds is 5. The molecule has 0 aliphatic heterocycles. The summed E-state index contributed by atoms with van der Waals surface area (Å²) in [5, 5.41) is 10.9.